The third-order valence-electron chi connectivity index (χ3n) is 4.49. The average molecular weight is 346 g/mol. The number of benzene rings is 1. The minimum absolute atomic E-state index is 0.119. The number of urea groups is 1. The number of ether oxygens (including phenoxy) is 1. The van der Waals surface area contributed by atoms with Crippen LogP contribution in [0.3, 0.4) is 0 Å². The Morgan fingerprint density at radius 3 is 2.92 bits per heavy atom. The fourth-order valence-electron chi connectivity index (χ4n) is 3.26. The number of carbonyl (C=O) groups excluding carboxylic acids is 2. The molecular weight excluding hydrogens is 324 g/mol. The standard InChI is InChI=1S/C17H22N4O4/c1-25-15(22)9-10-18-16(23)20-11-5-4-8-14(20)21-13-7-3-2-6-12(13)19-17(21)24/h2-3,6-7,14H,4-5,8-11H2,1H3,(H,18,23)(H,19,24). The van der Waals surface area contributed by atoms with E-state index in [2.05, 4.69) is 15.0 Å². The summed E-state index contributed by atoms with van der Waals surface area (Å²) in [5, 5.41) is 2.74. The van der Waals surface area contributed by atoms with Gasteiger partial charge in [-0.2, -0.15) is 0 Å². The van der Waals surface area contributed by atoms with Crippen LogP contribution in [-0.4, -0.2) is 46.7 Å². The fourth-order valence-corrected chi connectivity index (χ4v) is 3.26. The summed E-state index contributed by atoms with van der Waals surface area (Å²) < 4.78 is 6.22. The second-order valence-corrected chi connectivity index (χ2v) is 6.05. The molecule has 1 aliphatic heterocycles. The normalized spacial score (nSPS) is 17.5. The highest BCUT2D eigenvalue weighted by atomic mass is 16.5. The van der Waals surface area contributed by atoms with Gasteiger partial charge in [0.25, 0.3) is 0 Å². The van der Waals surface area contributed by atoms with Gasteiger partial charge in [0, 0.05) is 13.1 Å². The van der Waals surface area contributed by atoms with Crippen molar-refractivity contribution < 1.29 is 14.3 Å². The zero-order valence-corrected chi connectivity index (χ0v) is 14.2. The van der Waals surface area contributed by atoms with Gasteiger partial charge in [0.05, 0.1) is 24.6 Å². The maximum atomic E-state index is 12.6. The third kappa shape index (κ3) is 3.52. The van der Waals surface area contributed by atoms with E-state index < -0.39 is 0 Å². The van der Waals surface area contributed by atoms with E-state index in [1.54, 1.807) is 9.47 Å². The molecular formula is C17H22N4O4. The summed E-state index contributed by atoms with van der Waals surface area (Å²) in [7, 11) is 1.31. The molecule has 25 heavy (non-hydrogen) atoms. The van der Waals surface area contributed by atoms with Crippen LogP contribution >= 0.6 is 0 Å². The zero-order valence-electron chi connectivity index (χ0n) is 14.2. The summed E-state index contributed by atoms with van der Waals surface area (Å²) in [5.41, 5.74) is 1.32. The maximum Gasteiger partial charge on any atom is 0.328 e. The number of aromatic nitrogens is 2. The van der Waals surface area contributed by atoms with Crippen LogP contribution in [0.1, 0.15) is 31.8 Å². The number of hydrogen-bond donors (Lipinski definition) is 2. The highest BCUT2D eigenvalue weighted by Gasteiger charge is 2.30. The van der Waals surface area contributed by atoms with Crippen molar-refractivity contribution in [3.63, 3.8) is 0 Å². The number of esters is 1. The lowest BCUT2D eigenvalue weighted by Crippen LogP contribution is -2.48. The van der Waals surface area contributed by atoms with Gasteiger partial charge in [-0.25, -0.2) is 9.59 Å². The summed E-state index contributed by atoms with van der Waals surface area (Å²) in [4.78, 5) is 40.7. The van der Waals surface area contributed by atoms with Crippen LogP contribution in [0.5, 0.6) is 0 Å². The van der Waals surface area contributed by atoms with Crippen molar-refractivity contribution in [2.45, 2.75) is 31.8 Å². The Morgan fingerprint density at radius 2 is 2.12 bits per heavy atom. The first kappa shape index (κ1) is 17.1. The van der Waals surface area contributed by atoms with Crippen molar-refractivity contribution >= 4 is 23.0 Å². The molecule has 1 aromatic heterocycles. The predicted molar refractivity (Wildman–Crippen MR) is 92.2 cm³/mol. The van der Waals surface area contributed by atoms with Gasteiger partial charge in [-0.3, -0.25) is 9.36 Å². The van der Waals surface area contributed by atoms with Crippen LogP contribution in [0, 0.1) is 0 Å². The van der Waals surface area contributed by atoms with E-state index in [-0.39, 0.29) is 36.8 Å². The summed E-state index contributed by atoms with van der Waals surface area (Å²) in [5.74, 6) is -0.372. The molecule has 1 unspecified atom stereocenters. The first-order chi connectivity index (χ1) is 12.1. The molecule has 1 saturated heterocycles. The predicted octanol–water partition coefficient (Wildman–Crippen LogP) is 1.59. The number of para-hydroxylation sites is 2. The first-order valence-electron chi connectivity index (χ1n) is 8.42. The molecule has 2 amide bonds. The molecule has 0 bridgehead atoms. The SMILES string of the molecule is COC(=O)CCNC(=O)N1CCCCC1n1c(=O)[nH]c2ccccc21. The lowest BCUT2D eigenvalue weighted by Gasteiger charge is -2.36. The fraction of sp³-hybridized carbons (Fsp3) is 0.471. The smallest absolute Gasteiger partial charge is 0.328 e. The molecule has 1 atom stereocenters. The van der Waals surface area contributed by atoms with Crippen molar-refractivity contribution in [3.05, 3.63) is 34.7 Å². The van der Waals surface area contributed by atoms with E-state index in [0.717, 1.165) is 23.9 Å². The highest BCUT2D eigenvalue weighted by molar-refractivity contribution is 5.77. The van der Waals surface area contributed by atoms with E-state index >= 15 is 0 Å². The minimum atomic E-state index is -0.372. The average Bonchev–Trinajstić information content (AvgIpc) is 2.97. The number of hydrogen-bond acceptors (Lipinski definition) is 4. The van der Waals surface area contributed by atoms with Crippen molar-refractivity contribution in [1.29, 1.82) is 0 Å². The maximum absolute atomic E-state index is 12.6. The molecule has 1 aliphatic rings. The van der Waals surface area contributed by atoms with Gasteiger partial charge >= 0.3 is 17.7 Å². The molecule has 2 heterocycles. The molecule has 0 saturated carbocycles. The van der Waals surface area contributed by atoms with Crippen LogP contribution in [0.25, 0.3) is 11.0 Å². The van der Waals surface area contributed by atoms with Crippen LogP contribution in [0.4, 0.5) is 4.79 Å². The Labute approximate surface area is 144 Å². The molecule has 0 aliphatic carbocycles. The van der Waals surface area contributed by atoms with Crippen LogP contribution in [-0.2, 0) is 9.53 Å². The summed E-state index contributed by atoms with van der Waals surface area (Å²) >= 11 is 0. The van der Waals surface area contributed by atoms with Crippen LogP contribution in [0.15, 0.2) is 29.1 Å². The Balaban J connectivity index is 1.81. The number of piperidine rings is 1. The van der Waals surface area contributed by atoms with Gasteiger partial charge < -0.3 is 19.9 Å². The van der Waals surface area contributed by atoms with Gasteiger partial charge in [-0.1, -0.05) is 12.1 Å². The van der Waals surface area contributed by atoms with E-state index in [9.17, 15) is 14.4 Å². The first-order valence-corrected chi connectivity index (χ1v) is 8.42. The van der Waals surface area contributed by atoms with E-state index in [1.165, 1.54) is 7.11 Å². The lowest BCUT2D eigenvalue weighted by molar-refractivity contribution is -0.140. The molecule has 8 nitrogen and oxygen atoms in total. The number of fused-ring (bicyclic) bond motifs is 1. The highest BCUT2D eigenvalue weighted by Crippen LogP contribution is 2.27. The van der Waals surface area contributed by atoms with E-state index in [4.69, 9.17) is 0 Å². The summed E-state index contributed by atoms with van der Waals surface area (Å²) in [6.07, 6.45) is 2.33. The molecule has 2 N–H and O–H groups in total. The number of amides is 2. The van der Waals surface area contributed by atoms with Crippen molar-refractivity contribution in [2.24, 2.45) is 0 Å². The van der Waals surface area contributed by atoms with Crippen LogP contribution < -0.4 is 11.0 Å². The van der Waals surface area contributed by atoms with Crippen molar-refractivity contribution in [2.75, 3.05) is 20.2 Å². The van der Waals surface area contributed by atoms with Gasteiger partial charge in [0.1, 0.15) is 6.17 Å². The van der Waals surface area contributed by atoms with E-state index in [0.29, 0.717) is 13.0 Å². The molecule has 134 valence electrons. The lowest BCUT2D eigenvalue weighted by atomic mass is 10.1. The third-order valence-corrected chi connectivity index (χ3v) is 4.49. The van der Waals surface area contributed by atoms with Gasteiger partial charge in [0.15, 0.2) is 0 Å². The van der Waals surface area contributed by atoms with Gasteiger partial charge in [0.2, 0.25) is 0 Å². The topological polar surface area (TPSA) is 96.4 Å². The molecule has 2 aromatic rings. The molecule has 0 radical (unpaired) electrons. The molecule has 1 aromatic carbocycles. The largest absolute Gasteiger partial charge is 0.469 e. The number of carbonyl (C=O) groups is 2. The van der Waals surface area contributed by atoms with Gasteiger partial charge in [-0.15, -0.1) is 0 Å². The monoisotopic (exact) mass is 346 g/mol. The second-order valence-electron chi connectivity index (χ2n) is 6.05. The Kier molecular flexibility index (Phi) is 5.06. The molecule has 0 spiro atoms. The Hall–Kier alpha value is -2.77. The number of nitrogens with zero attached hydrogens (tertiary/aromatic N) is 2. The number of imidazole rings is 1. The summed E-state index contributed by atoms with van der Waals surface area (Å²) in [6, 6.07) is 7.17. The van der Waals surface area contributed by atoms with Crippen molar-refractivity contribution in [1.82, 2.24) is 19.8 Å². The number of methoxy groups -OCH3 is 1. The quantitative estimate of drug-likeness (QED) is 0.822. The number of H-pyrrole nitrogens is 1. The molecule has 3 rings (SSSR count). The van der Waals surface area contributed by atoms with Crippen molar-refractivity contribution in [3.8, 4) is 0 Å². The Bertz CT molecular complexity index is 825. The molecule has 8 heteroatoms. The number of likely N-dealkylation sites (tertiary alicyclic amines) is 1. The summed E-state index contributed by atoms with van der Waals surface area (Å²) in [6.45, 7) is 0.776. The number of nitrogens with one attached hydrogen (secondary N) is 2. The molecule has 1 fully saturated rings. The van der Waals surface area contributed by atoms with E-state index in [1.807, 2.05) is 24.3 Å². The Morgan fingerprint density at radius 1 is 1.32 bits per heavy atom. The zero-order chi connectivity index (χ0) is 17.8. The number of rotatable bonds is 4. The van der Waals surface area contributed by atoms with Crippen LogP contribution in [0.2, 0.25) is 0 Å². The minimum Gasteiger partial charge on any atom is -0.469 e. The van der Waals surface area contributed by atoms with Gasteiger partial charge in [-0.05, 0) is 31.4 Å². The number of aromatic amines is 1. The second kappa shape index (κ2) is 7.42.